The summed E-state index contributed by atoms with van der Waals surface area (Å²) in [6, 6.07) is 6.05. The molecule has 0 radical (unpaired) electrons. The fraction of sp³-hybridized carbons (Fsp3) is 0.167. The summed E-state index contributed by atoms with van der Waals surface area (Å²) in [5.74, 6) is 0.692. The molecule has 0 amide bonds. The minimum absolute atomic E-state index is 0.692. The predicted octanol–water partition coefficient (Wildman–Crippen LogP) is 2.99. The van der Waals surface area contributed by atoms with Gasteiger partial charge in [0.15, 0.2) is 11.5 Å². The Morgan fingerprint density at radius 3 is 2.80 bits per heavy atom. The van der Waals surface area contributed by atoms with E-state index in [-0.39, 0.29) is 0 Å². The Labute approximate surface area is 86.8 Å². The second-order valence-electron chi connectivity index (χ2n) is 3.76. The molecule has 0 bridgehead atoms. The number of rotatable bonds is 0. The number of fused-ring (bicyclic) bond motifs is 2. The van der Waals surface area contributed by atoms with Crippen molar-refractivity contribution in [1.29, 1.82) is 0 Å². The van der Waals surface area contributed by atoms with E-state index in [0.29, 0.717) is 5.89 Å². The topological polar surface area (TPSA) is 38.9 Å². The summed E-state index contributed by atoms with van der Waals surface area (Å²) in [6.07, 6.45) is 1.86. The first kappa shape index (κ1) is 8.41. The molecule has 0 aliphatic carbocycles. The SMILES string of the molecule is Cc1cnc2cc3oc(C)nc3cc2c1. The smallest absolute Gasteiger partial charge is 0.192 e. The Kier molecular flexibility index (Phi) is 1.57. The van der Waals surface area contributed by atoms with Gasteiger partial charge in [0.2, 0.25) is 0 Å². The zero-order valence-electron chi connectivity index (χ0n) is 8.61. The molecule has 0 fully saturated rings. The summed E-state index contributed by atoms with van der Waals surface area (Å²) >= 11 is 0. The molecule has 3 aromatic rings. The standard InChI is InChI=1S/C12H10N2O/c1-7-3-9-4-11-12(15-8(2)14-11)5-10(9)13-6-7/h3-6H,1-2H3. The Morgan fingerprint density at radius 2 is 1.93 bits per heavy atom. The highest BCUT2D eigenvalue weighted by Gasteiger charge is 2.04. The minimum atomic E-state index is 0.692. The van der Waals surface area contributed by atoms with Gasteiger partial charge in [-0.2, -0.15) is 0 Å². The molecule has 1 aromatic carbocycles. The third-order valence-electron chi connectivity index (χ3n) is 2.43. The molecule has 74 valence electrons. The van der Waals surface area contributed by atoms with Crippen molar-refractivity contribution in [3.8, 4) is 0 Å². The van der Waals surface area contributed by atoms with Gasteiger partial charge < -0.3 is 4.42 Å². The lowest BCUT2D eigenvalue weighted by Gasteiger charge is -1.97. The van der Waals surface area contributed by atoms with Gasteiger partial charge in [-0.05, 0) is 24.6 Å². The Bertz CT molecular complexity index is 655. The third-order valence-corrected chi connectivity index (χ3v) is 2.43. The lowest BCUT2D eigenvalue weighted by molar-refractivity contribution is 0.561. The van der Waals surface area contributed by atoms with Crippen molar-refractivity contribution in [2.75, 3.05) is 0 Å². The van der Waals surface area contributed by atoms with Crippen LogP contribution in [0.5, 0.6) is 0 Å². The second kappa shape index (κ2) is 2.79. The Balaban J connectivity index is 2.46. The van der Waals surface area contributed by atoms with Crippen molar-refractivity contribution in [1.82, 2.24) is 9.97 Å². The third kappa shape index (κ3) is 1.28. The Hall–Kier alpha value is -1.90. The van der Waals surface area contributed by atoms with E-state index in [1.807, 2.05) is 32.2 Å². The first-order valence-electron chi connectivity index (χ1n) is 4.86. The summed E-state index contributed by atoms with van der Waals surface area (Å²) < 4.78 is 5.46. The normalized spacial score (nSPS) is 11.3. The van der Waals surface area contributed by atoms with E-state index in [1.165, 1.54) is 0 Å². The van der Waals surface area contributed by atoms with Gasteiger partial charge in [0, 0.05) is 24.6 Å². The molecular weight excluding hydrogens is 188 g/mol. The summed E-state index contributed by atoms with van der Waals surface area (Å²) in [6.45, 7) is 3.88. The zero-order chi connectivity index (χ0) is 10.4. The van der Waals surface area contributed by atoms with Gasteiger partial charge in [0.1, 0.15) is 5.52 Å². The van der Waals surface area contributed by atoms with Crippen LogP contribution in [-0.2, 0) is 0 Å². The van der Waals surface area contributed by atoms with Gasteiger partial charge in [-0.3, -0.25) is 4.98 Å². The molecule has 0 atom stereocenters. The molecule has 0 aliphatic rings. The van der Waals surface area contributed by atoms with Crippen molar-refractivity contribution in [2.45, 2.75) is 13.8 Å². The molecule has 15 heavy (non-hydrogen) atoms. The molecule has 0 unspecified atom stereocenters. The minimum Gasteiger partial charge on any atom is -0.441 e. The van der Waals surface area contributed by atoms with E-state index in [2.05, 4.69) is 16.0 Å². The van der Waals surface area contributed by atoms with Gasteiger partial charge in [-0.15, -0.1) is 0 Å². The van der Waals surface area contributed by atoms with Crippen LogP contribution < -0.4 is 0 Å². The lowest BCUT2D eigenvalue weighted by atomic mass is 10.1. The fourth-order valence-electron chi connectivity index (χ4n) is 1.78. The second-order valence-corrected chi connectivity index (χ2v) is 3.76. The van der Waals surface area contributed by atoms with Gasteiger partial charge in [0.05, 0.1) is 5.52 Å². The number of nitrogens with zero attached hydrogens (tertiary/aromatic N) is 2. The monoisotopic (exact) mass is 198 g/mol. The number of aromatic nitrogens is 2. The van der Waals surface area contributed by atoms with E-state index >= 15 is 0 Å². The number of aryl methyl sites for hydroxylation is 2. The van der Waals surface area contributed by atoms with Crippen LogP contribution in [0.3, 0.4) is 0 Å². The number of hydrogen-bond donors (Lipinski definition) is 0. The number of pyridine rings is 1. The summed E-state index contributed by atoms with van der Waals surface area (Å²) in [7, 11) is 0. The molecule has 2 aromatic heterocycles. The summed E-state index contributed by atoms with van der Waals surface area (Å²) in [5.41, 5.74) is 3.80. The fourth-order valence-corrected chi connectivity index (χ4v) is 1.78. The van der Waals surface area contributed by atoms with Gasteiger partial charge in [-0.1, -0.05) is 0 Å². The average Bonchev–Trinajstić information content (AvgIpc) is 2.53. The van der Waals surface area contributed by atoms with Crippen LogP contribution in [0.4, 0.5) is 0 Å². The maximum absolute atomic E-state index is 5.46. The molecule has 0 saturated heterocycles. The van der Waals surface area contributed by atoms with Gasteiger partial charge in [-0.25, -0.2) is 4.98 Å². The molecule has 0 spiro atoms. The highest BCUT2D eigenvalue weighted by atomic mass is 16.3. The van der Waals surface area contributed by atoms with Crippen LogP contribution in [0.1, 0.15) is 11.5 Å². The number of hydrogen-bond acceptors (Lipinski definition) is 3. The van der Waals surface area contributed by atoms with Gasteiger partial charge >= 0.3 is 0 Å². The number of benzene rings is 1. The highest BCUT2D eigenvalue weighted by Crippen LogP contribution is 2.22. The van der Waals surface area contributed by atoms with E-state index in [9.17, 15) is 0 Å². The van der Waals surface area contributed by atoms with Crippen LogP contribution in [0.2, 0.25) is 0 Å². The largest absolute Gasteiger partial charge is 0.441 e. The van der Waals surface area contributed by atoms with Crippen LogP contribution in [-0.4, -0.2) is 9.97 Å². The molecular formula is C12H10N2O. The number of oxazole rings is 1. The first-order chi connectivity index (χ1) is 7.22. The van der Waals surface area contributed by atoms with E-state index in [4.69, 9.17) is 4.42 Å². The predicted molar refractivity (Wildman–Crippen MR) is 58.8 cm³/mol. The highest BCUT2D eigenvalue weighted by molar-refractivity contribution is 5.92. The lowest BCUT2D eigenvalue weighted by Crippen LogP contribution is -1.81. The molecule has 3 rings (SSSR count). The van der Waals surface area contributed by atoms with E-state index < -0.39 is 0 Å². The Morgan fingerprint density at radius 1 is 1.07 bits per heavy atom. The molecule has 0 saturated carbocycles. The average molecular weight is 198 g/mol. The van der Waals surface area contributed by atoms with Crippen molar-refractivity contribution in [2.24, 2.45) is 0 Å². The van der Waals surface area contributed by atoms with Crippen LogP contribution >= 0.6 is 0 Å². The van der Waals surface area contributed by atoms with Crippen molar-refractivity contribution in [3.05, 3.63) is 35.9 Å². The first-order valence-corrected chi connectivity index (χ1v) is 4.86. The molecule has 3 nitrogen and oxygen atoms in total. The quantitative estimate of drug-likeness (QED) is 0.557. The van der Waals surface area contributed by atoms with E-state index in [1.54, 1.807) is 0 Å². The molecule has 0 aliphatic heterocycles. The zero-order valence-corrected chi connectivity index (χ0v) is 8.61. The summed E-state index contributed by atoms with van der Waals surface area (Å²) in [5, 5.41) is 1.11. The van der Waals surface area contributed by atoms with Crippen molar-refractivity contribution >= 4 is 22.0 Å². The summed E-state index contributed by atoms with van der Waals surface area (Å²) in [4.78, 5) is 8.65. The van der Waals surface area contributed by atoms with Gasteiger partial charge in [0.25, 0.3) is 0 Å². The van der Waals surface area contributed by atoms with Crippen molar-refractivity contribution in [3.63, 3.8) is 0 Å². The molecule has 0 N–H and O–H groups in total. The van der Waals surface area contributed by atoms with Crippen LogP contribution in [0, 0.1) is 13.8 Å². The maximum Gasteiger partial charge on any atom is 0.192 e. The molecule has 2 heterocycles. The van der Waals surface area contributed by atoms with E-state index in [0.717, 1.165) is 27.6 Å². The van der Waals surface area contributed by atoms with Crippen LogP contribution in [0.15, 0.2) is 28.8 Å². The maximum atomic E-state index is 5.46. The molecule has 3 heteroatoms. The van der Waals surface area contributed by atoms with Crippen molar-refractivity contribution < 1.29 is 4.42 Å². The van der Waals surface area contributed by atoms with Crippen LogP contribution in [0.25, 0.3) is 22.0 Å².